The molecule has 136 valence electrons. The van der Waals surface area contributed by atoms with Gasteiger partial charge in [0.25, 0.3) is 0 Å². The molecule has 0 amide bonds. The summed E-state index contributed by atoms with van der Waals surface area (Å²) in [4.78, 5) is 4.19. The molecule has 1 heterocycles. The lowest BCUT2D eigenvalue weighted by molar-refractivity contribution is -0.138. The zero-order chi connectivity index (χ0) is 18.7. The molecule has 0 radical (unpaired) electrons. The number of pyridine rings is 1. The predicted molar refractivity (Wildman–Crippen MR) is 95.2 cm³/mol. The molecule has 0 saturated carbocycles. The van der Waals surface area contributed by atoms with Crippen LogP contribution in [0.1, 0.15) is 5.56 Å². The predicted octanol–water partition coefficient (Wildman–Crippen LogP) is 4.99. The number of nitrogens with two attached hydrogens (primary N) is 1. The number of aromatic nitrogens is 1. The van der Waals surface area contributed by atoms with Crippen molar-refractivity contribution in [1.82, 2.24) is 4.98 Å². The van der Waals surface area contributed by atoms with E-state index in [1.54, 1.807) is 18.2 Å². The van der Waals surface area contributed by atoms with E-state index in [1.807, 2.05) is 0 Å². The van der Waals surface area contributed by atoms with Gasteiger partial charge in [0.05, 0.1) is 12.6 Å². The van der Waals surface area contributed by atoms with Gasteiger partial charge in [-0.2, -0.15) is 13.2 Å². The largest absolute Gasteiger partial charge is 0.497 e. The fourth-order valence-corrected chi connectivity index (χ4v) is 2.67. The van der Waals surface area contributed by atoms with Crippen LogP contribution in [-0.2, 0) is 6.18 Å². The molecule has 5 nitrogen and oxygen atoms in total. The van der Waals surface area contributed by atoms with Crippen molar-refractivity contribution >= 4 is 28.7 Å². The zero-order valence-corrected chi connectivity index (χ0v) is 14.3. The molecule has 3 aromatic rings. The summed E-state index contributed by atoms with van der Waals surface area (Å²) in [5.41, 5.74) is -0.134. The van der Waals surface area contributed by atoms with E-state index in [0.29, 0.717) is 28.8 Å². The topological polar surface area (TPSA) is 69.4 Å². The van der Waals surface area contributed by atoms with Crippen molar-refractivity contribution in [2.45, 2.75) is 6.18 Å². The molecule has 0 saturated heterocycles. The fraction of sp³-hybridized carbons (Fsp3) is 0.118. The molecule has 0 aliphatic carbocycles. The Balaban J connectivity index is 2.05. The van der Waals surface area contributed by atoms with Gasteiger partial charge >= 0.3 is 6.18 Å². The van der Waals surface area contributed by atoms with Crippen molar-refractivity contribution in [3.63, 3.8) is 0 Å². The Bertz CT molecular complexity index is 935. The van der Waals surface area contributed by atoms with Crippen LogP contribution in [0.4, 0.5) is 18.9 Å². The molecular weight excluding hydrogens is 367 g/mol. The Morgan fingerprint density at radius 3 is 2.58 bits per heavy atom. The summed E-state index contributed by atoms with van der Waals surface area (Å²) in [6.07, 6.45) is -3.12. The van der Waals surface area contributed by atoms with Crippen LogP contribution in [0, 0.1) is 0 Å². The van der Waals surface area contributed by atoms with Crippen molar-refractivity contribution in [3.05, 3.63) is 54.2 Å². The van der Waals surface area contributed by atoms with Crippen molar-refractivity contribution in [1.29, 1.82) is 0 Å². The molecule has 0 bridgehead atoms. The first-order valence-electron chi connectivity index (χ1n) is 7.36. The van der Waals surface area contributed by atoms with Crippen LogP contribution in [-0.4, -0.2) is 12.1 Å². The minimum atomic E-state index is -4.58. The Hall–Kier alpha value is -2.65. The second kappa shape index (κ2) is 7.30. The number of fused-ring (bicyclic) bond motifs is 1. The van der Waals surface area contributed by atoms with Gasteiger partial charge in [0.15, 0.2) is 0 Å². The normalized spacial score (nSPS) is 11.4. The van der Waals surface area contributed by atoms with Gasteiger partial charge in [-0.25, -0.2) is 0 Å². The van der Waals surface area contributed by atoms with Crippen molar-refractivity contribution in [2.75, 3.05) is 11.8 Å². The Morgan fingerprint density at radius 2 is 1.88 bits per heavy atom. The Labute approximate surface area is 151 Å². The average Bonchev–Trinajstić information content (AvgIpc) is 2.62. The van der Waals surface area contributed by atoms with Gasteiger partial charge in [0.2, 0.25) is 0 Å². The van der Waals surface area contributed by atoms with Crippen molar-refractivity contribution in [2.24, 2.45) is 5.14 Å². The number of nitrogens with zero attached hydrogens (tertiary/aromatic N) is 1. The van der Waals surface area contributed by atoms with Crippen LogP contribution in [0.3, 0.4) is 0 Å². The summed E-state index contributed by atoms with van der Waals surface area (Å²) in [5, 5.41) is 5.81. The van der Waals surface area contributed by atoms with Gasteiger partial charge in [0, 0.05) is 35.5 Å². The molecule has 2 aromatic carbocycles. The maximum atomic E-state index is 13.4. The lowest BCUT2D eigenvalue weighted by atomic mass is 10.1. The van der Waals surface area contributed by atoms with Gasteiger partial charge in [-0.15, -0.1) is 0 Å². The highest BCUT2D eigenvalue weighted by Gasteiger charge is 2.35. The molecule has 1 aromatic heterocycles. The van der Waals surface area contributed by atoms with E-state index >= 15 is 0 Å². The van der Waals surface area contributed by atoms with E-state index < -0.39 is 11.7 Å². The minimum Gasteiger partial charge on any atom is -0.497 e. The molecule has 0 aliphatic rings. The molecular formula is C17H14F3N3O2S. The monoisotopic (exact) mass is 381 g/mol. The zero-order valence-electron chi connectivity index (χ0n) is 13.5. The highest BCUT2D eigenvalue weighted by molar-refractivity contribution is 7.98. The average molecular weight is 381 g/mol. The van der Waals surface area contributed by atoms with Gasteiger partial charge in [-0.05, 0) is 36.4 Å². The lowest BCUT2D eigenvalue weighted by Gasteiger charge is -2.16. The van der Waals surface area contributed by atoms with E-state index in [9.17, 15) is 13.2 Å². The molecule has 26 heavy (non-hydrogen) atoms. The number of anilines is 1. The molecule has 3 N–H and O–H groups in total. The summed E-state index contributed by atoms with van der Waals surface area (Å²) in [6.45, 7) is 0. The molecule has 3 rings (SSSR count). The molecule has 9 heteroatoms. The van der Waals surface area contributed by atoms with Gasteiger partial charge in [-0.1, -0.05) is 0 Å². The second-order valence-corrected chi connectivity index (χ2v) is 5.66. The van der Waals surface area contributed by atoms with Gasteiger partial charge in [0.1, 0.15) is 22.8 Å². The van der Waals surface area contributed by atoms with E-state index in [0.717, 1.165) is 6.07 Å². The van der Waals surface area contributed by atoms with Crippen LogP contribution in [0.25, 0.3) is 10.9 Å². The summed E-state index contributed by atoms with van der Waals surface area (Å²) in [7, 11) is 1.52. The molecule has 0 atom stereocenters. The smallest absolute Gasteiger partial charge is 0.420 e. The number of ether oxygens (including phenoxy) is 2. The van der Waals surface area contributed by atoms with E-state index in [4.69, 9.17) is 14.6 Å². The molecule has 0 spiro atoms. The third-order valence-corrected chi connectivity index (χ3v) is 3.95. The third kappa shape index (κ3) is 3.78. The maximum absolute atomic E-state index is 13.4. The van der Waals surface area contributed by atoms with Crippen LogP contribution < -0.4 is 19.3 Å². The first kappa shape index (κ1) is 18.2. The standard InChI is InChI=1S/C17H14F3N3O2S/c1-24-11-3-4-12-14(9-11)22-7-6-15(12)25-16-5-2-10(23-26-21)8-13(16)17(18,19)20/h2-9,23H,21H2,1H3. The lowest BCUT2D eigenvalue weighted by Crippen LogP contribution is -2.08. The fourth-order valence-electron chi connectivity index (χ4n) is 2.41. The summed E-state index contributed by atoms with van der Waals surface area (Å²) < 4.78 is 53.5. The summed E-state index contributed by atoms with van der Waals surface area (Å²) in [6, 6.07) is 10.2. The first-order valence-corrected chi connectivity index (χ1v) is 8.24. The highest BCUT2D eigenvalue weighted by atomic mass is 32.2. The van der Waals surface area contributed by atoms with Crippen LogP contribution in [0.5, 0.6) is 17.2 Å². The number of hydrogen-bond acceptors (Lipinski definition) is 6. The van der Waals surface area contributed by atoms with Crippen LogP contribution in [0.2, 0.25) is 0 Å². The number of halogens is 3. The summed E-state index contributed by atoms with van der Waals surface area (Å²) in [5.74, 6) is 0.540. The quantitative estimate of drug-likeness (QED) is 0.607. The molecule has 0 aliphatic heterocycles. The number of alkyl halides is 3. The highest BCUT2D eigenvalue weighted by Crippen LogP contribution is 2.41. The number of methoxy groups -OCH3 is 1. The van der Waals surface area contributed by atoms with E-state index in [2.05, 4.69) is 9.71 Å². The summed E-state index contributed by atoms with van der Waals surface area (Å²) >= 11 is 0.711. The molecule has 0 fully saturated rings. The Morgan fingerprint density at radius 1 is 1.08 bits per heavy atom. The first-order chi connectivity index (χ1) is 12.4. The van der Waals surface area contributed by atoms with Crippen molar-refractivity contribution < 1.29 is 22.6 Å². The van der Waals surface area contributed by atoms with Crippen molar-refractivity contribution in [3.8, 4) is 17.2 Å². The minimum absolute atomic E-state index is 0.224. The SMILES string of the molecule is COc1ccc2c(Oc3ccc(NSN)cc3C(F)(F)F)ccnc2c1. The van der Waals surface area contributed by atoms with Gasteiger partial charge in [-0.3, -0.25) is 10.1 Å². The third-order valence-electron chi connectivity index (χ3n) is 3.59. The Kier molecular flexibility index (Phi) is 5.10. The van der Waals surface area contributed by atoms with E-state index in [1.165, 1.54) is 31.5 Å². The van der Waals surface area contributed by atoms with Gasteiger partial charge < -0.3 is 14.2 Å². The number of rotatable bonds is 5. The van der Waals surface area contributed by atoms with Crippen LogP contribution >= 0.6 is 12.1 Å². The molecule has 0 unspecified atom stereocenters. The number of benzene rings is 2. The maximum Gasteiger partial charge on any atom is 0.420 e. The number of hydrogen-bond donors (Lipinski definition) is 2. The number of nitrogens with one attached hydrogen (secondary N) is 1. The second-order valence-electron chi connectivity index (χ2n) is 5.22. The van der Waals surface area contributed by atoms with E-state index in [-0.39, 0.29) is 17.2 Å². The van der Waals surface area contributed by atoms with Crippen LogP contribution in [0.15, 0.2) is 48.7 Å².